The molecule has 0 saturated carbocycles. The van der Waals surface area contributed by atoms with Gasteiger partial charge in [-0.2, -0.15) is 0 Å². The van der Waals surface area contributed by atoms with Crippen LogP contribution in [0, 0.1) is 20.8 Å². The average Bonchev–Trinajstić information content (AvgIpc) is 2.58. The van der Waals surface area contributed by atoms with E-state index in [9.17, 15) is 4.79 Å². The number of fused-ring (bicyclic) bond motifs is 1. The summed E-state index contributed by atoms with van der Waals surface area (Å²) in [5, 5.41) is 3.97. The smallest absolute Gasteiger partial charge is 0.237 e. The van der Waals surface area contributed by atoms with Crippen LogP contribution in [0.2, 0.25) is 0 Å². The summed E-state index contributed by atoms with van der Waals surface area (Å²) in [4.78, 5) is 18.2. The monoisotopic (exact) mass is 350 g/mol. The van der Waals surface area contributed by atoms with Gasteiger partial charge in [0.15, 0.2) is 0 Å². The summed E-state index contributed by atoms with van der Waals surface area (Å²) in [6, 6.07) is 14.2. The van der Waals surface area contributed by atoms with Gasteiger partial charge in [-0.15, -0.1) is 11.8 Å². The van der Waals surface area contributed by atoms with Crippen LogP contribution in [-0.4, -0.2) is 16.1 Å². The minimum Gasteiger partial charge on any atom is -0.325 e. The van der Waals surface area contributed by atoms with Gasteiger partial charge in [-0.25, -0.2) is 0 Å². The van der Waals surface area contributed by atoms with Crippen molar-refractivity contribution in [3.05, 3.63) is 65.4 Å². The molecule has 1 aromatic heterocycles. The molecular formula is C21H22N2OS. The van der Waals surface area contributed by atoms with Crippen LogP contribution in [-0.2, 0) is 4.79 Å². The second kappa shape index (κ2) is 7.28. The van der Waals surface area contributed by atoms with E-state index in [-0.39, 0.29) is 11.2 Å². The number of carbonyl (C=O) groups excluding carboxylic acids is 1. The zero-order valence-corrected chi connectivity index (χ0v) is 15.8. The largest absolute Gasteiger partial charge is 0.325 e. The van der Waals surface area contributed by atoms with E-state index in [1.807, 2.05) is 51.1 Å². The zero-order chi connectivity index (χ0) is 18.0. The lowest BCUT2D eigenvalue weighted by atomic mass is 10.1. The number of hydrogen-bond donors (Lipinski definition) is 1. The van der Waals surface area contributed by atoms with Crippen LogP contribution in [0.1, 0.15) is 23.6 Å². The highest BCUT2D eigenvalue weighted by Gasteiger charge is 2.18. The lowest BCUT2D eigenvalue weighted by Gasteiger charge is -2.16. The number of para-hydroxylation sites is 1. The van der Waals surface area contributed by atoms with Gasteiger partial charge < -0.3 is 5.32 Å². The summed E-state index contributed by atoms with van der Waals surface area (Å²) in [5.74, 6) is 0.00740. The molecule has 128 valence electrons. The Hall–Kier alpha value is -2.33. The lowest BCUT2D eigenvalue weighted by Crippen LogP contribution is -2.23. The predicted octanol–water partition coefficient (Wildman–Crippen LogP) is 5.28. The molecule has 0 radical (unpaired) electrons. The molecule has 3 nitrogen and oxygen atoms in total. The fourth-order valence-electron chi connectivity index (χ4n) is 3.02. The molecule has 0 saturated heterocycles. The third kappa shape index (κ3) is 3.85. The Morgan fingerprint density at radius 3 is 2.48 bits per heavy atom. The van der Waals surface area contributed by atoms with E-state index in [1.165, 1.54) is 5.56 Å². The number of nitrogens with zero attached hydrogens (tertiary/aromatic N) is 1. The highest BCUT2D eigenvalue weighted by Crippen LogP contribution is 2.30. The van der Waals surface area contributed by atoms with E-state index < -0.39 is 0 Å². The van der Waals surface area contributed by atoms with Crippen molar-refractivity contribution in [1.29, 1.82) is 0 Å². The van der Waals surface area contributed by atoms with Gasteiger partial charge in [0.05, 0.1) is 10.8 Å². The first-order valence-corrected chi connectivity index (χ1v) is 9.23. The number of pyridine rings is 1. The molecule has 0 bridgehead atoms. The van der Waals surface area contributed by atoms with E-state index in [4.69, 9.17) is 0 Å². The van der Waals surface area contributed by atoms with Crippen molar-refractivity contribution in [2.24, 2.45) is 0 Å². The molecule has 2 aromatic carbocycles. The molecule has 1 heterocycles. The molecule has 1 amide bonds. The summed E-state index contributed by atoms with van der Waals surface area (Å²) < 4.78 is 0. The number of carbonyl (C=O) groups is 1. The highest BCUT2D eigenvalue weighted by atomic mass is 32.2. The van der Waals surface area contributed by atoms with E-state index in [0.717, 1.165) is 32.6 Å². The van der Waals surface area contributed by atoms with Crippen LogP contribution in [0.4, 0.5) is 5.69 Å². The van der Waals surface area contributed by atoms with E-state index in [0.29, 0.717) is 0 Å². The van der Waals surface area contributed by atoms with Gasteiger partial charge in [-0.05, 0) is 51.0 Å². The van der Waals surface area contributed by atoms with Crippen LogP contribution >= 0.6 is 11.8 Å². The second-order valence-electron chi connectivity index (χ2n) is 6.35. The van der Waals surface area contributed by atoms with Gasteiger partial charge >= 0.3 is 0 Å². The van der Waals surface area contributed by atoms with Crippen LogP contribution in [0.3, 0.4) is 0 Å². The molecular weight excluding hydrogens is 328 g/mol. The molecule has 25 heavy (non-hydrogen) atoms. The van der Waals surface area contributed by atoms with Gasteiger partial charge in [0.25, 0.3) is 0 Å². The van der Waals surface area contributed by atoms with E-state index >= 15 is 0 Å². The maximum Gasteiger partial charge on any atom is 0.237 e. The Morgan fingerprint density at radius 2 is 1.76 bits per heavy atom. The van der Waals surface area contributed by atoms with E-state index in [1.54, 1.807) is 18.0 Å². The number of nitrogens with one attached hydrogen (secondary N) is 1. The third-order valence-electron chi connectivity index (χ3n) is 4.19. The van der Waals surface area contributed by atoms with Crippen molar-refractivity contribution in [3.63, 3.8) is 0 Å². The second-order valence-corrected chi connectivity index (χ2v) is 7.74. The number of benzene rings is 2. The predicted molar refractivity (Wildman–Crippen MR) is 106 cm³/mol. The van der Waals surface area contributed by atoms with Crippen LogP contribution in [0.25, 0.3) is 10.9 Å². The van der Waals surface area contributed by atoms with Gasteiger partial charge in [0, 0.05) is 22.2 Å². The molecule has 0 spiro atoms. The molecule has 1 atom stereocenters. The Balaban J connectivity index is 1.79. The molecule has 0 fully saturated rings. The van der Waals surface area contributed by atoms with Crippen molar-refractivity contribution >= 4 is 34.3 Å². The number of aromatic nitrogens is 1. The molecule has 3 rings (SSSR count). The zero-order valence-electron chi connectivity index (χ0n) is 15.0. The Morgan fingerprint density at radius 1 is 1.08 bits per heavy atom. The topological polar surface area (TPSA) is 42.0 Å². The average molecular weight is 350 g/mol. The summed E-state index contributed by atoms with van der Waals surface area (Å²) in [6.07, 6.45) is 1.79. The number of thioether (sulfide) groups is 1. The first kappa shape index (κ1) is 17.5. The van der Waals surface area contributed by atoms with Crippen molar-refractivity contribution in [1.82, 2.24) is 4.98 Å². The third-order valence-corrected chi connectivity index (χ3v) is 5.34. The van der Waals surface area contributed by atoms with Gasteiger partial charge in [0.2, 0.25) is 5.91 Å². The summed E-state index contributed by atoms with van der Waals surface area (Å²) in [7, 11) is 0. The van der Waals surface area contributed by atoms with Crippen molar-refractivity contribution in [2.45, 2.75) is 37.8 Å². The van der Waals surface area contributed by atoms with Crippen molar-refractivity contribution < 1.29 is 4.79 Å². The Labute approximate surface area is 152 Å². The molecule has 3 aromatic rings. The van der Waals surface area contributed by atoms with E-state index in [2.05, 4.69) is 29.4 Å². The fourth-order valence-corrected chi connectivity index (χ4v) is 4.00. The number of anilines is 1. The van der Waals surface area contributed by atoms with Crippen molar-refractivity contribution in [2.75, 3.05) is 5.32 Å². The normalized spacial score (nSPS) is 12.2. The van der Waals surface area contributed by atoms with Crippen LogP contribution in [0.15, 0.2) is 53.6 Å². The number of aryl methyl sites for hydroxylation is 3. The van der Waals surface area contributed by atoms with Crippen molar-refractivity contribution in [3.8, 4) is 0 Å². The SMILES string of the molecule is Cc1cc(C)c(NC(=O)[C@@H](C)Sc2cccc3cccnc23)c(C)c1. The van der Waals surface area contributed by atoms with Crippen LogP contribution in [0.5, 0.6) is 0 Å². The Bertz CT molecular complexity index is 908. The highest BCUT2D eigenvalue weighted by molar-refractivity contribution is 8.00. The number of amides is 1. The fraction of sp³-hybridized carbons (Fsp3) is 0.238. The summed E-state index contributed by atoms with van der Waals surface area (Å²) in [5.41, 5.74) is 5.25. The maximum absolute atomic E-state index is 12.7. The molecule has 1 N–H and O–H groups in total. The van der Waals surface area contributed by atoms with Crippen LogP contribution < -0.4 is 5.32 Å². The number of hydrogen-bond acceptors (Lipinski definition) is 3. The molecule has 0 aliphatic heterocycles. The molecule has 0 aliphatic rings. The lowest BCUT2D eigenvalue weighted by molar-refractivity contribution is -0.115. The summed E-state index contributed by atoms with van der Waals surface area (Å²) >= 11 is 1.54. The molecule has 0 aliphatic carbocycles. The standard InChI is InChI=1S/C21H22N2OS/c1-13-11-14(2)19(15(3)12-13)23-21(24)16(4)25-18-9-5-7-17-8-6-10-22-20(17)18/h5-12,16H,1-4H3,(H,23,24)/t16-/m1/s1. The minimum absolute atomic E-state index is 0.00740. The summed E-state index contributed by atoms with van der Waals surface area (Å²) in [6.45, 7) is 8.06. The molecule has 4 heteroatoms. The van der Waals surface area contributed by atoms with Gasteiger partial charge in [0.1, 0.15) is 0 Å². The molecule has 0 unspecified atom stereocenters. The minimum atomic E-state index is -0.215. The first-order chi connectivity index (χ1) is 12.0. The first-order valence-electron chi connectivity index (χ1n) is 8.35. The van der Waals surface area contributed by atoms with Gasteiger partial charge in [-0.1, -0.05) is 35.9 Å². The van der Waals surface area contributed by atoms with Gasteiger partial charge in [-0.3, -0.25) is 9.78 Å². The Kier molecular flexibility index (Phi) is 5.09. The quantitative estimate of drug-likeness (QED) is 0.651. The maximum atomic E-state index is 12.7. The number of rotatable bonds is 4.